The number of carbonyl (C=O) groups is 2. The van der Waals surface area contributed by atoms with Gasteiger partial charge in [-0.05, 0) is 64.7 Å². The largest absolute Gasteiger partial charge is 0.493 e. The van der Waals surface area contributed by atoms with E-state index in [1.165, 1.54) is 10.4 Å². The molecule has 1 heterocycles. The zero-order chi connectivity index (χ0) is 41.3. The smallest absolute Gasteiger partial charge is 0.251 e. The highest BCUT2D eigenvalue weighted by Crippen LogP contribution is 2.35. The number of Topliss-reactive ketones (excluding diaryl/α,β-unsaturated/α-hetero) is 1. The van der Waals surface area contributed by atoms with Crippen molar-refractivity contribution in [2.45, 2.75) is 25.3 Å². The van der Waals surface area contributed by atoms with Gasteiger partial charge < -0.3 is 19.2 Å². The molecule has 300 valence electrons. The third kappa shape index (κ3) is 9.41. The van der Waals surface area contributed by atoms with E-state index in [2.05, 4.69) is 5.32 Å². The van der Waals surface area contributed by atoms with Gasteiger partial charge in [0.1, 0.15) is 29.3 Å². The second-order valence-corrected chi connectivity index (χ2v) is 16.2. The zero-order valence-electron chi connectivity index (χ0n) is 32.7. The molecule has 8 aromatic rings. The Kier molecular flexibility index (Phi) is 12.0. The van der Waals surface area contributed by atoms with Crippen LogP contribution in [0.15, 0.2) is 180 Å². The summed E-state index contributed by atoms with van der Waals surface area (Å²) < 4.78 is 48.4. The van der Waals surface area contributed by atoms with Crippen molar-refractivity contribution in [2.75, 3.05) is 17.5 Å². The lowest BCUT2D eigenvalue weighted by Gasteiger charge is -2.27. The Hall–Kier alpha value is -7.17. The van der Waals surface area contributed by atoms with Crippen LogP contribution in [0.5, 0.6) is 11.5 Å². The first-order valence-corrected chi connectivity index (χ1v) is 21.2. The second-order valence-electron chi connectivity index (χ2n) is 14.3. The minimum absolute atomic E-state index is 0.00109. The van der Waals surface area contributed by atoms with Crippen molar-refractivity contribution in [3.63, 3.8) is 0 Å². The zero-order valence-corrected chi connectivity index (χ0v) is 33.5. The molecule has 1 N–H and O–H groups in total. The van der Waals surface area contributed by atoms with E-state index in [-0.39, 0.29) is 36.7 Å². The number of nitrogens with one attached hydrogen (secondary N) is 1. The average molecular weight is 815 g/mol. The Morgan fingerprint density at radius 1 is 0.617 bits per heavy atom. The van der Waals surface area contributed by atoms with Crippen LogP contribution in [0.4, 0.5) is 5.69 Å². The van der Waals surface area contributed by atoms with E-state index in [9.17, 15) is 18.0 Å². The monoisotopic (exact) mass is 814 g/mol. The molecule has 0 unspecified atom stereocenters. The van der Waals surface area contributed by atoms with Gasteiger partial charge in [0.15, 0.2) is 5.78 Å². The van der Waals surface area contributed by atoms with E-state index < -0.39 is 21.7 Å². The highest BCUT2D eigenvalue weighted by Gasteiger charge is 2.28. The number of hydrogen-bond donors (Lipinski definition) is 1. The molecule has 0 aliphatic heterocycles. The lowest BCUT2D eigenvalue weighted by atomic mass is 10.0. The molecule has 0 bridgehead atoms. The fourth-order valence-corrected chi connectivity index (χ4v) is 8.64. The Bertz CT molecular complexity index is 2860. The minimum atomic E-state index is -4.02. The average Bonchev–Trinajstić information content (AvgIpc) is 3.65. The quantitative estimate of drug-likeness (QED) is 0.0911. The molecule has 7 aromatic carbocycles. The molecule has 60 heavy (non-hydrogen) atoms. The molecule has 0 fully saturated rings. The minimum Gasteiger partial charge on any atom is -0.493 e. The predicted molar refractivity (Wildman–Crippen MR) is 235 cm³/mol. The lowest BCUT2D eigenvalue weighted by molar-refractivity contribution is 0.0903. The Labute approximate surface area is 348 Å². The fraction of sp³-hybridized carbons (Fsp3) is 0.120. The Morgan fingerprint density at radius 2 is 1.27 bits per heavy atom. The molecule has 1 amide bonds. The van der Waals surface area contributed by atoms with E-state index in [4.69, 9.17) is 13.9 Å². The molecule has 0 radical (unpaired) electrons. The van der Waals surface area contributed by atoms with Crippen LogP contribution >= 0.6 is 0 Å². The van der Waals surface area contributed by atoms with Gasteiger partial charge in [-0.3, -0.25) is 13.9 Å². The summed E-state index contributed by atoms with van der Waals surface area (Å²) in [5, 5.41) is 4.84. The maximum atomic E-state index is 14.4. The van der Waals surface area contributed by atoms with E-state index in [0.717, 1.165) is 38.6 Å². The number of ether oxygens (including phenoxy) is 2. The third-order valence-electron chi connectivity index (χ3n) is 10.1. The van der Waals surface area contributed by atoms with Gasteiger partial charge in [-0.15, -0.1) is 0 Å². The Morgan fingerprint density at radius 3 is 2.03 bits per heavy atom. The predicted octanol–water partition coefficient (Wildman–Crippen LogP) is 9.94. The van der Waals surface area contributed by atoms with Crippen molar-refractivity contribution >= 4 is 49.3 Å². The van der Waals surface area contributed by atoms with Gasteiger partial charge >= 0.3 is 0 Å². The van der Waals surface area contributed by atoms with E-state index >= 15 is 0 Å². The van der Waals surface area contributed by atoms with Crippen LogP contribution in [-0.2, 0) is 35.3 Å². The Balaban J connectivity index is 0.999. The van der Waals surface area contributed by atoms with Crippen LogP contribution in [0.2, 0.25) is 0 Å². The van der Waals surface area contributed by atoms with Gasteiger partial charge in [-0.1, -0.05) is 127 Å². The maximum absolute atomic E-state index is 14.4. The summed E-state index contributed by atoms with van der Waals surface area (Å²) in [6.45, 7) is 0.167. The summed E-state index contributed by atoms with van der Waals surface area (Å²) in [5.74, 6) is -0.141. The normalized spacial score (nSPS) is 11.3. The third-order valence-corrected chi connectivity index (χ3v) is 11.8. The number of anilines is 1. The number of nitrogens with zero attached hydrogens (tertiary/aromatic N) is 1. The highest BCUT2D eigenvalue weighted by atomic mass is 32.2. The van der Waals surface area contributed by atoms with E-state index in [1.807, 2.05) is 121 Å². The second kappa shape index (κ2) is 18.2. The summed E-state index contributed by atoms with van der Waals surface area (Å²) in [4.78, 5) is 27.5. The first-order valence-electron chi connectivity index (χ1n) is 19.6. The standard InChI is InChI=1S/C50H42N2O7S/c53-46(32-51-50(54)42-21-11-10-20-39(42)28-29-57-41-25-26-44-43-22-12-13-23-47(43)59-49(44)31-41)40-24-27-48(58-34-37-16-6-2-7-17-37)45(30-40)52(33-36-14-4-1-5-15-36)60(55,56)35-38-18-8-3-9-19-38/h1-27,30-31H,28-29,32-35H2,(H,51,54). The number of amides is 1. The van der Waals surface area contributed by atoms with Gasteiger partial charge in [0.25, 0.3) is 5.91 Å². The van der Waals surface area contributed by atoms with Crippen molar-refractivity contribution in [2.24, 2.45) is 0 Å². The number of para-hydroxylation sites is 1. The molecule has 10 heteroatoms. The van der Waals surface area contributed by atoms with E-state index in [1.54, 1.807) is 48.5 Å². The SMILES string of the molecule is O=C(CNC(=O)c1ccccc1CCOc1ccc2c(c1)oc1ccccc12)c1ccc(OCc2ccccc2)c(N(Cc2ccccc2)S(=O)(=O)Cc2ccccc2)c1. The van der Waals surface area contributed by atoms with Gasteiger partial charge in [0.05, 0.1) is 31.1 Å². The molecule has 0 atom stereocenters. The van der Waals surface area contributed by atoms with Crippen LogP contribution in [0.1, 0.15) is 43.0 Å². The van der Waals surface area contributed by atoms with Gasteiger partial charge in [-0.25, -0.2) is 8.42 Å². The molecule has 0 spiro atoms. The number of hydrogen-bond acceptors (Lipinski definition) is 7. The molecule has 0 aliphatic rings. The lowest BCUT2D eigenvalue weighted by Crippen LogP contribution is -2.33. The van der Waals surface area contributed by atoms with Crippen LogP contribution < -0.4 is 19.1 Å². The van der Waals surface area contributed by atoms with Crippen LogP contribution in [0.3, 0.4) is 0 Å². The first-order chi connectivity index (χ1) is 29.3. The number of furan rings is 1. The van der Waals surface area contributed by atoms with Crippen molar-refractivity contribution in [1.29, 1.82) is 0 Å². The number of carbonyl (C=O) groups excluding carboxylic acids is 2. The molecule has 9 nitrogen and oxygen atoms in total. The fourth-order valence-electron chi connectivity index (χ4n) is 7.08. The van der Waals surface area contributed by atoms with Crippen molar-refractivity contribution in [1.82, 2.24) is 5.32 Å². The van der Waals surface area contributed by atoms with Crippen molar-refractivity contribution < 1.29 is 31.9 Å². The van der Waals surface area contributed by atoms with Crippen LogP contribution in [-0.4, -0.2) is 33.3 Å². The van der Waals surface area contributed by atoms with Crippen LogP contribution in [0.25, 0.3) is 21.9 Å². The number of sulfonamides is 1. The van der Waals surface area contributed by atoms with Gasteiger partial charge in [0, 0.05) is 34.4 Å². The summed E-state index contributed by atoms with van der Waals surface area (Å²) in [6, 6.07) is 53.3. The molecule has 1 aromatic heterocycles. The summed E-state index contributed by atoms with van der Waals surface area (Å²) in [6.07, 6.45) is 0.443. The summed E-state index contributed by atoms with van der Waals surface area (Å²) >= 11 is 0. The molecule has 8 rings (SSSR count). The van der Waals surface area contributed by atoms with Gasteiger partial charge in [-0.2, -0.15) is 0 Å². The van der Waals surface area contributed by atoms with E-state index in [0.29, 0.717) is 35.7 Å². The number of benzene rings is 7. The highest BCUT2D eigenvalue weighted by molar-refractivity contribution is 7.92. The number of ketones is 1. The molecular weight excluding hydrogens is 773 g/mol. The van der Waals surface area contributed by atoms with Crippen molar-refractivity contribution in [3.05, 3.63) is 209 Å². The molecule has 0 saturated carbocycles. The number of fused-ring (bicyclic) bond motifs is 3. The molecular formula is C50H42N2O7S. The summed E-state index contributed by atoms with van der Waals surface area (Å²) in [5.41, 5.74) is 5.42. The van der Waals surface area contributed by atoms with Crippen molar-refractivity contribution in [3.8, 4) is 11.5 Å². The molecule has 0 saturated heterocycles. The van der Waals surface area contributed by atoms with Crippen LogP contribution in [0, 0.1) is 0 Å². The molecule has 0 aliphatic carbocycles. The topological polar surface area (TPSA) is 115 Å². The summed E-state index contributed by atoms with van der Waals surface area (Å²) in [7, 11) is -4.02. The number of rotatable bonds is 17. The first kappa shape index (κ1) is 39.6. The maximum Gasteiger partial charge on any atom is 0.251 e. The van der Waals surface area contributed by atoms with Gasteiger partial charge in [0.2, 0.25) is 10.0 Å².